The van der Waals surface area contributed by atoms with Crippen LogP contribution in [-0.2, 0) is 21.3 Å². The van der Waals surface area contributed by atoms with Gasteiger partial charge >= 0.3 is 0 Å². The summed E-state index contributed by atoms with van der Waals surface area (Å²) in [6, 6.07) is 0. The lowest BCUT2D eigenvalue weighted by Gasteiger charge is -2.35. The molecule has 0 aliphatic carbocycles. The molecule has 0 saturated carbocycles. The standard InChI is InChI=1S/C14H23N3O3S2/c1-10-16-12(9-21-10)7-17-4-3-13-11(6-17)8-20-14(13)5-15-22(2,18)19/h9,11,13-15H,3-8H2,1-2H3/t11-,13-,14-/m1/s1. The van der Waals surface area contributed by atoms with Crippen LogP contribution < -0.4 is 4.72 Å². The third-order valence-electron chi connectivity index (χ3n) is 4.48. The second-order valence-electron chi connectivity index (χ2n) is 6.30. The smallest absolute Gasteiger partial charge is 0.208 e. The van der Waals surface area contributed by atoms with E-state index in [1.807, 2.05) is 6.92 Å². The minimum Gasteiger partial charge on any atom is -0.376 e. The zero-order chi connectivity index (χ0) is 15.7. The van der Waals surface area contributed by atoms with Gasteiger partial charge in [0.05, 0.1) is 29.7 Å². The van der Waals surface area contributed by atoms with Crippen molar-refractivity contribution in [3.05, 3.63) is 16.1 Å². The van der Waals surface area contributed by atoms with Gasteiger partial charge < -0.3 is 4.74 Å². The molecule has 1 N–H and O–H groups in total. The molecular weight excluding hydrogens is 322 g/mol. The SMILES string of the molecule is Cc1nc(CN2CC[C@@H]3[C@@H](CO[C@@H]3CNS(C)(=O)=O)C2)cs1. The van der Waals surface area contributed by atoms with Crippen LogP contribution in [0.3, 0.4) is 0 Å². The second kappa shape index (κ2) is 6.52. The Bertz CT molecular complexity index is 617. The number of aromatic nitrogens is 1. The van der Waals surface area contributed by atoms with Crippen molar-refractivity contribution >= 4 is 21.4 Å². The summed E-state index contributed by atoms with van der Waals surface area (Å²) in [6.45, 7) is 6.09. The minimum atomic E-state index is -3.15. The van der Waals surface area contributed by atoms with Crippen LogP contribution in [0, 0.1) is 18.8 Å². The number of fused-ring (bicyclic) bond motifs is 1. The van der Waals surface area contributed by atoms with Crippen molar-refractivity contribution in [1.82, 2.24) is 14.6 Å². The average molecular weight is 345 g/mol. The number of thiazole rings is 1. The number of aryl methyl sites for hydroxylation is 1. The molecule has 0 spiro atoms. The van der Waals surface area contributed by atoms with E-state index in [1.165, 1.54) is 6.26 Å². The fraction of sp³-hybridized carbons (Fsp3) is 0.786. The third kappa shape index (κ3) is 4.05. The normalized spacial score (nSPS) is 29.6. The van der Waals surface area contributed by atoms with Gasteiger partial charge in [-0.2, -0.15) is 0 Å². The summed E-state index contributed by atoms with van der Waals surface area (Å²) >= 11 is 1.69. The maximum absolute atomic E-state index is 11.2. The van der Waals surface area contributed by atoms with E-state index in [0.717, 1.165) is 43.4 Å². The van der Waals surface area contributed by atoms with Crippen LogP contribution in [0.1, 0.15) is 17.1 Å². The van der Waals surface area contributed by atoms with E-state index in [2.05, 4.69) is 20.0 Å². The van der Waals surface area contributed by atoms with Crippen molar-refractivity contribution in [2.75, 3.05) is 32.5 Å². The highest BCUT2D eigenvalue weighted by Gasteiger charge is 2.40. The van der Waals surface area contributed by atoms with Crippen LogP contribution in [0.25, 0.3) is 0 Å². The number of nitrogens with zero attached hydrogens (tertiary/aromatic N) is 2. The van der Waals surface area contributed by atoms with Crippen molar-refractivity contribution in [2.24, 2.45) is 11.8 Å². The molecule has 2 saturated heterocycles. The van der Waals surface area contributed by atoms with Gasteiger partial charge in [0.1, 0.15) is 0 Å². The molecule has 2 aliphatic heterocycles. The number of hydrogen-bond acceptors (Lipinski definition) is 6. The van der Waals surface area contributed by atoms with Gasteiger partial charge in [0.25, 0.3) is 0 Å². The number of hydrogen-bond donors (Lipinski definition) is 1. The number of sulfonamides is 1. The molecule has 0 bridgehead atoms. The van der Waals surface area contributed by atoms with Gasteiger partial charge in [0.2, 0.25) is 10.0 Å². The van der Waals surface area contributed by atoms with E-state index in [9.17, 15) is 8.42 Å². The molecule has 22 heavy (non-hydrogen) atoms. The van der Waals surface area contributed by atoms with Crippen molar-refractivity contribution in [2.45, 2.75) is 26.0 Å². The van der Waals surface area contributed by atoms with Crippen LogP contribution in [0.4, 0.5) is 0 Å². The molecule has 0 aromatic carbocycles. The Morgan fingerprint density at radius 1 is 1.55 bits per heavy atom. The van der Waals surface area contributed by atoms with Gasteiger partial charge in [-0.15, -0.1) is 11.3 Å². The Labute approximate surface area is 135 Å². The van der Waals surface area contributed by atoms with E-state index < -0.39 is 10.0 Å². The molecule has 3 atom stereocenters. The Kier molecular flexibility index (Phi) is 4.84. The van der Waals surface area contributed by atoms with Crippen LogP contribution in [0.2, 0.25) is 0 Å². The second-order valence-corrected chi connectivity index (χ2v) is 9.19. The molecule has 0 radical (unpaired) electrons. The van der Waals surface area contributed by atoms with Gasteiger partial charge in [-0.3, -0.25) is 4.90 Å². The van der Waals surface area contributed by atoms with Crippen LogP contribution in [0.5, 0.6) is 0 Å². The van der Waals surface area contributed by atoms with Crippen LogP contribution in [0.15, 0.2) is 5.38 Å². The number of likely N-dealkylation sites (tertiary alicyclic amines) is 1. The summed E-state index contributed by atoms with van der Waals surface area (Å²) in [7, 11) is -3.15. The minimum absolute atomic E-state index is 0.0170. The van der Waals surface area contributed by atoms with Crippen molar-refractivity contribution in [1.29, 1.82) is 0 Å². The zero-order valence-corrected chi connectivity index (χ0v) is 14.6. The third-order valence-corrected chi connectivity index (χ3v) is 5.99. The Morgan fingerprint density at radius 3 is 3.05 bits per heavy atom. The summed E-state index contributed by atoms with van der Waals surface area (Å²) in [5.41, 5.74) is 1.15. The van der Waals surface area contributed by atoms with Crippen molar-refractivity contribution in [3.8, 4) is 0 Å². The lowest BCUT2D eigenvalue weighted by atomic mass is 9.84. The van der Waals surface area contributed by atoms with E-state index >= 15 is 0 Å². The van der Waals surface area contributed by atoms with Gasteiger partial charge in [-0.05, 0) is 25.8 Å². The first kappa shape index (κ1) is 16.3. The first-order valence-corrected chi connectivity index (χ1v) is 10.4. The monoisotopic (exact) mass is 345 g/mol. The topological polar surface area (TPSA) is 71.5 Å². The van der Waals surface area contributed by atoms with Crippen LogP contribution in [-0.4, -0.2) is 56.9 Å². The Hall–Kier alpha value is -0.540. The molecule has 1 aromatic rings. The highest BCUT2D eigenvalue weighted by Crippen LogP contribution is 2.34. The predicted octanol–water partition coefficient (Wildman–Crippen LogP) is 0.838. The highest BCUT2D eigenvalue weighted by molar-refractivity contribution is 7.88. The largest absolute Gasteiger partial charge is 0.376 e. The molecule has 8 heteroatoms. The van der Waals surface area contributed by atoms with Gasteiger partial charge in [0.15, 0.2) is 0 Å². The van der Waals surface area contributed by atoms with E-state index in [1.54, 1.807) is 11.3 Å². The fourth-order valence-corrected chi connectivity index (χ4v) is 4.53. The number of piperidine rings is 1. The number of rotatable bonds is 5. The molecule has 124 valence electrons. The maximum atomic E-state index is 11.2. The summed E-state index contributed by atoms with van der Waals surface area (Å²) in [5, 5.41) is 3.24. The number of nitrogens with one attached hydrogen (secondary N) is 1. The Balaban J connectivity index is 1.53. The summed E-state index contributed by atoms with van der Waals surface area (Å²) in [5.74, 6) is 0.961. The first-order chi connectivity index (χ1) is 10.4. The molecule has 2 aliphatic rings. The van der Waals surface area contributed by atoms with Crippen LogP contribution >= 0.6 is 11.3 Å². The maximum Gasteiger partial charge on any atom is 0.208 e. The molecule has 0 unspecified atom stereocenters. The Morgan fingerprint density at radius 2 is 2.36 bits per heavy atom. The van der Waals surface area contributed by atoms with Gasteiger partial charge in [-0.25, -0.2) is 18.1 Å². The highest BCUT2D eigenvalue weighted by atomic mass is 32.2. The van der Waals surface area contributed by atoms with Gasteiger partial charge in [0, 0.05) is 30.9 Å². The molecule has 0 amide bonds. The number of ether oxygens (including phenoxy) is 1. The lowest BCUT2D eigenvalue weighted by Crippen LogP contribution is -2.43. The average Bonchev–Trinajstić information content (AvgIpc) is 3.02. The molecule has 3 rings (SSSR count). The molecule has 1 aromatic heterocycles. The quantitative estimate of drug-likeness (QED) is 0.856. The molecule has 2 fully saturated rings. The molecule has 3 heterocycles. The zero-order valence-electron chi connectivity index (χ0n) is 13.0. The fourth-order valence-electron chi connectivity index (χ4n) is 3.46. The van der Waals surface area contributed by atoms with E-state index in [4.69, 9.17) is 4.74 Å². The first-order valence-electron chi connectivity index (χ1n) is 7.60. The van der Waals surface area contributed by atoms with Crippen molar-refractivity contribution < 1.29 is 13.2 Å². The lowest BCUT2D eigenvalue weighted by molar-refractivity contribution is 0.0884. The molecule has 6 nitrogen and oxygen atoms in total. The van der Waals surface area contributed by atoms with E-state index in [0.29, 0.717) is 18.4 Å². The van der Waals surface area contributed by atoms with E-state index in [-0.39, 0.29) is 6.10 Å². The van der Waals surface area contributed by atoms with Crippen molar-refractivity contribution in [3.63, 3.8) is 0 Å². The summed E-state index contributed by atoms with van der Waals surface area (Å²) in [4.78, 5) is 6.97. The predicted molar refractivity (Wildman–Crippen MR) is 86.3 cm³/mol. The summed E-state index contributed by atoms with van der Waals surface area (Å²) < 4.78 is 30.9. The summed E-state index contributed by atoms with van der Waals surface area (Å²) in [6.07, 6.45) is 2.27. The molecular formula is C14H23N3O3S2. The van der Waals surface area contributed by atoms with Gasteiger partial charge in [-0.1, -0.05) is 0 Å².